The predicted octanol–water partition coefficient (Wildman–Crippen LogP) is 4.14. The molecule has 3 aromatic rings. The van der Waals surface area contributed by atoms with Crippen LogP contribution in [0.15, 0.2) is 53.0 Å². The van der Waals surface area contributed by atoms with E-state index >= 15 is 0 Å². The predicted molar refractivity (Wildman–Crippen MR) is 107 cm³/mol. The Morgan fingerprint density at radius 1 is 1.12 bits per heavy atom. The molecular weight excluding hydrogens is 392 g/mol. The molecule has 1 amide bonds. The number of carbonyl (C=O) groups excluding carboxylic acids is 1. The molecule has 1 fully saturated rings. The van der Waals surface area contributed by atoms with Crippen LogP contribution in [0.2, 0.25) is 0 Å². The van der Waals surface area contributed by atoms with Crippen molar-refractivity contribution < 1.29 is 4.79 Å². The highest BCUT2D eigenvalue weighted by molar-refractivity contribution is 9.10. The molecule has 5 nitrogen and oxygen atoms in total. The third kappa shape index (κ3) is 4.02. The number of hydrogen-bond acceptors (Lipinski definition) is 4. The topological polar surface area (TPSA) is 66.9 Å². The molecule has 1 aliphatic carbocycles. The number of anilines is 1. The van der Waals surface area contributed by atoms with Gasteiger partial charge in [-0.25, -0.2) is 9.97 Å². The summed E-state index contributed by atoms with van der Waals surface area (Å²) < 4.78 is 0.984. The number of amides is 1. The van der Waals surface area contributed by atoms with E-state index in [-0.39, 0.29) is 5.91 Å². The maximum absolute atomic E-state index is 11.9. The lowest BCUT2D eigenvalue weighted by molar-refractivity contribution is -0.120. The van der Waals surface area contributed by atoms with Crippen molar-refractivity contribution in [2.75, 3.05) is 11.9 Å². The lowest BCUT2D eigenvalue weighted by Crippen LogP contribution is -2.27. The van der Waals surface area contributed by atoms with Crippen molar-refractivity contribution in [3.8, 4) is 11.4 Å². The zero-order valence-corrected chi connectivity index (χ0v) is 15.8. The summed E-state index contributed by atoms with van der Waals surface area (Å²) in [6.07, 6.45) is 2.64. The van der Waals surface area contributed by atoms with Crippen molar-refractivity contribution in [3.05, 3.63) is 53.0 Å². The van der Waals surface area contributed by atoms with Gasteiger partial charge in [0.05, 0.1) is 5.52 Å². The Hall–Kier alpha value is -2.47. The van der Waals surface area contributed by atoms with Crippen LogP contribution in [-0.2, 0) is 4.79 Å². The van der Waals surface area contributed by atoms with E-state index in [0.717, 1.165) is 39.6 Å². The normalized spacial score (nSPS) is 13.6. The zero-order chi connectivity index (χ0) is 17.9. The van der Waals surface area contributed by atoms with Crippen LogP contribution in [0.25, 0.3) is 22.3 Å². The fraction of sp³-hybridized carbons (Fsp3) is 0.250. The number of benzene rings is 2. The summed E-state index contributed by atoms with van der Waals surface area (Å²) in [5.41, 5.74) is 1.82. The minimum absolute atomic E-state index is 0.0885. The first kappa shape index (κ1) is 17.0. The molecule has 2 N–H and O–H groups in total. The van der Waals surface area contributed by atoms with Gasteiger partial charge in [0.2, 0.25) is 5.91 Å². The van der Waals surface area contributed by atoms with Crippen molar-refractivity contribution in [3.63, 3.8) is 0 Å². The van der Waals surface area contributed by atoms with Crippen molar-refractivity contribution in [1.29, 1.82) is 0 Å². The molecule has 1 heterocycles. The van der Waals surface area contributed by atoms with Gasteiger partial charge >= 0.3 is 0 Å². The lowest BCUT2D eigenvalue weighted by atomic mass is 10.2. The molecule has 4 rings (SSSR count). The first-order valence-corrected chi connectivity index (χ1v) is 9.54. The summed E-state index contributed by atoms with van der Waals surface area (Å²) in [6, 6.07) is 16.2. The number of carbonyl (C=O) groups is 1. The quantitative estimate of drug-likeness (QED) is 0.640. The number of nitrogens with one attached hydrogen (secondary N) is 2. The van der Waals surface area contributed by atoms with E-state index in [9.17, 15) is 4.79 Å². The van der Waals surface area contributed by atoms with Gasteiger partial charge in [-0.15, -0.1) is 0 Å². The second-order valence-corrected chi connectivity index (χ2v) is 7.36. The van der Waals surface area contributed by atoms with Gasteiger partial charge in [-0.2, -0.15) is 0 Å². The molecule has 0 bridgehead atoms. The molecule has 0 spiro atoms. The maximum Gasteiger partial charge on any atom is 0.221 e. The van der Waals surface area contributed by atoms with Crippen molar-refractivity contribution in [1.82, 2.24) is 15.3 Å². The summed E-state index contributed by atoms with van der Waals surface area (Å²) in [5.74, 6) is 1.50. The Labute approximate surface area is 160 Å². The fourth-order valence-corrected chi connectivity index (χ4v) is 3.19. The number of halogens is 1. The van der Waals surface area contributed by atoms with Crippen LogP contribution in [0.5, 0.6) is 0 Å². The van der Waals surface area contributed by atoms with Crippen LogP contribution < -0.4 is 10.6 Å². The van der Waals surface area contributed by atoms with Gasteiger partial charge in [0.25, 0.3) is 0 Å². The van der Waals surface area contributed by atoms with E-state index in [1.807, 2.05) is 48.5 Å². The number of hydrogen-bond donors (Lipinski definition) is 2. The highest BCUT2D eigenvalue weighted by Gasteiger charge is 2.22. The summed E-state index contributed by atoms with van der Waals surface area (Å²) in [5, 5.41) is 7.27. The maximum atomic E-state index is 11.9. The molecular formula is C20H19BrN4O. The average Bonchev–Trinajstić information content (AvgIpc) is 3.45. The Morgan fingerprint density at radius 2 is 1.96 bits per heavy atom. The van der Waals surface area contributed by atoms with E-state index in [2.05, 4.69) is 31.5 Å². The van der Waals surface area contributed by atoms with Crippen LogP contribution in [0.4, 0.5) is 5.82 Å². The number of rotatable bonds is 6. The number of para-hydroxylation sites is 1. The van der Waals surface area contributed by atoms with Crippen LogP contribution in [-0.4, -0.2) is 28.5 Å². The SMILES string of the molecule is O=C(CCNc1nc(-c2cccc(Br)c2)nc2ccccc12)NC1CC1. The Morgan fingerprint density at radius 3 is 2.77 bits per heavy atom. The van der Waals surface area contributed by atoms with Crippen LogP contribution in [0.3, 0.4) is 0 Å². The minimum Gasteiger partial charge on any atom is -0.369 e. The van der Waals surface area contributed by atoms with Crippen LogP contribution >= 0.6 is 15.9 Å². The third-order valence-electron chi connectivity index (χ3n) is 4.27. The molecule has 132 valence electrons. The molecule has 0 unspecified atom stereocenters. The molecule has 1 saturated carbocycles. The Kier molecular flexibility index (Phi) is 4.84. The molecule has 0 saturated heterocycles. The van der Waals surface area contributed by atoms with Gasteiger partial charge in [0, 0.05) is 34.4 Å². The first-order valence-electron chi connectivity index (χ1n) is 8.75. The van der Waals surface area contributed by atoms with Crippen molar-refractivity contribution in [2.24, 2.45) is 0 Å². The van der Waals surface area contributed by atoms with Gasteiger partial charge in [-0.05, 0) is 37.1 Å². The van der Waals surface area contributed by atoms with Crippen molar-refractivity contribution in [2.45, 2.75) is 25.3 Å². The second kappa shape index (κ2) is 7.41. The molecule has 0 radical (unpaired) electrons. The summed E-state index contributed by atoms with van der Waals surface area (Å²) in [7, 11) is 0. The Balaban J connectivity index is 1.58. The monoisotopic (exact) mass is 410 g/mol. The zero-order valence-electron chi connectivity index (χ0n) is 14.2. The van der Waals surface area contributed by atoms with Gasteiger partial charge in [0.15, 0.2) is 5.82 Å². The molecule has 0 atom stereocenters. The summed E-state index contributed by atoms with van der Waals surface area (Å²) in [6.45, 7) is 0.539. The molecule has 26 heavy (non-hydrogen) atoms. The van der Waals surface area contributed by atoms with E-state index in [1.54, 1.807) is 0 Å². The fourth-order valence-electron chi connectivity index (χ4n) is 2.79. The molecule has 6 heteroatoms. The highest BCUT2D eigenvalue weighted by Crippen LogP contribution is 2.26. The first-order chi connectivity index (χ1) is 12.7. The van der Waals surface area contributed by atoms with Crippen LogP contribution in [0.1, 0.15) is 19.3 Å². The highest BCUT2D eigenvalue weighted by atomic mass is 79.9. The smallest absolute Gasteiger partial charge is 0.221 e. The molecule has 1 aliphatic rings. The standard InChI is InChI=1S/C20H19BrN4O/c21-14-5-3-4-13(12-14)19-24-17-7-2-1-6-16(17)20(25-19)22-11-10-18(26)23-15-8-9-15/h1-7,12,15H,8-11H2,(H,23,26)(H,22,24,25). The van der Waals surface area contributed by atoms with E-state index in [1.165, 1.54) is 0 Å². The molecule has 2 aromatic carbocycles. The van der Waals surface area contributed by atoms with Crippen LogP contribution in [0, 0.1) is 0 Å². The number of aromatic nitrogens is 2. The summed E-state index contributed by atoms with van der Waals surface area (Å²) in [4.78, 5) is 21.3. The van der Waals surface area contributed by atoms with Gasteiger partial charge in [-0.1, -0.05) is 40.2 Å². The van der Waals surface area contributed by atoms with E-state index in [0.29, 0.717) is 24.8 Å². The molecule has 0 aliphatic heterocycles. The molecule has 1 aromatic heterocycles. The average molecular weight is 411 g/mol. The van der Waals surface area contributed by atoms with E-state index in [4.69, 9.17) is 4.98 Å². The van der Waals surface area contributed by atoms with Gasteiger partial charge < -0.3 is 10.6 Å². The Bertz CT molecular complexity index is 955. The summed E-state index contributed by atoms with van der Waals surface area (Å²) >= 11 is 3.49. The third-order valence-corrected chi connectivity index (χ3v) is 4.77. The number of fused-ring (bicyclic) bond motifs is 1. The van der Waals surface area contributed by atoms with Gasteiger partial charge in [0.1, 0.15) is 5.82 Å². The number of nitrogens with zero attached hydrogens (tertiary/aromatic N) is 2. The minimum atomic E-state index is 0.0885. The van der Waals surface area contributed by atoms with Crippen molar-refractivity contribution >= 4 is 38.6 Å². The second-order valence-electron chi connectivity index (χ2n) is 6.44. The van der Waals surface area contributed by atoms with Gasteiger partial charge in [-0.3, -0.25) is 4.79 Å². The largest absolute Gasteiger partial charge is 0.369 e. The lowest BCUT2D eigenvalue weighted by Gasteiger charge is -2.11. The van der Waals surface area contributed by atoms with E-state index < -0.39 is 0 Å².